The molecule has 3 nitrogen and oxygen atoms in total. The highest BCUT2D eigenvalue weighted by molar-refractivity contribution is 6.31. The zero-order chi connectivity index (χ0) is 14.0. The number of halogens is 1. The van der Waals surface area contributed by atoms with Gasteiger partial charge in [-0.2, -0.15) is 0 Å². The maximum atomic E-state index is 6.48. The monoisotopic (exact) mass is 282 g/mol. The third-order valence-electron chi connectivity index (χ3n) is 4.14. The highest BCUT2D eigenvalue weighted by Gasteiger charge is 2.35. The van der Waals surface area contributed by atoms with Crippen molar-refractivity contribution in [3.63, 3.8) is 0 Å². The Morgan fingerprint density at radius 1 is 1.32 bits per heavy atom. The maximum Gasteiger partial charge on any atom is 0.0594 e. The fraction of sp³-hybridized carbons (Fsp3) is 0.600. The van der Waals surface area contributed by atoms with Crippen LogP contribution in [0.5, 0.6) is 0 Å². The molecule has 106 valence electrons. The quantitative estimate of drug-likeness (QED) is 0.926. The van der Waals surface area contributed by atoms with Crippen molar-refractivity contribution in [3.8, 4) is 0 Å². The van der Waals surface area contributed by atoms with Gasteiger partial charge in [-0.3, -0.25) is 4.90 Å². The van der Waals surface area contributed by atoms with E-state index in [1.54, 1.807) is 0 Å². The zero-order valence-electron chi connectivity index (χ0n) is 11.9. The second kappa shape index (κ2) is 5.80. The molecule has 19 heavy (non-hydrogen) atoms. The van der Waals surface area contributed by atoms with Crippen molar-refractivity contribution >= 4 is 11.6 Å². The minimum Gasteiger partial charge on any atom is -0.379 e. The number of rotatable bonds is 3. The Bertz CT molecular complexity index is 442. The van der Waals surface area contributed by atoms with Gasteiger partial charge in [0.1, 0.15) is 0 Å². The number of nitrogens with two attached hydrogens (primary N) is 1. The molecule has 0 aliphatic carbocycles. The van der Waals surface area contributed by atoms with Crippen molar-refractivity contribution < 1.29 is 4.74 Å². The molecule has 1 aromatic rings. The van der Waals surface area contributed by atoms with Crippen molar-refractivity contribution in [3.05, 3.63) is 34.3 Å². The molecule has 1 heterocycles. The lowest BCUT2D eigenvalue weighted by Gasteiger charge is -2.44. The first-order valence-corrected chi connectivity index (χ1v) is 7.15. The molecule has 1 atom stereocenters. The van der Waals surface area contributed by atoms with E-state index >= 15 is 0 Å². The molecule has 0 radical (unpaired) electrons. The summed E-state index contributed by atoms with van der Waals surface area (Å²) in [6.07, 6.45) is 0. The molecule has 2 rings (SSSR count). The van der Waals surface area contributed by atoms with Gasteiger partial charge in [-0.05, 0) is 38.0 Å². The lowest BCUT2D eigenvalue weighted by molar-refractivity contribution is -0.0190. The van der Waals surface area contributed by atoms with Crippen LogP contribution in [0.2, 0.25) is 5.02 Å². The molecule has 0 saturated carbocycles. The molecule has 2 N–H and O–H groups in total. The highest BCUT2D eigenvalue weighted by Crippen LogP contribution is 2.31. The summed E-state index contributed by atoms with van der Waals surface area (Å²) in [5.41, 5.74) is 8.55. The second-order valence-corrected chi connectivity index (χ2v) is 6.15. The van der Waals surface area contributed by atoms with E-state index in [9.17, 15) is 0 Å². The third-order valence-corrected chi connectivity index (χ3v) is 4.55. The molecule has 0 amide bonds. The number of ether oxygens (including phenoxy) is 1. The molecular weight excluding hydrogens is 260 g/mol. The van der Waals surface area contributed by atoms with E-state index in [1.165, 1.54) is 0 Å². The Hall–Kier alpha value is -0.610. The molecule has 0 bridgehead atoms. The van der Waals surface area contributed by atoms with Crippen molar-refractivity contribution in [2.45, 2.75) is 32.4 Å². The summed E-state index contributed by atoms with van der Waals surface area (Å²) in [5.74, 6) is 0. The Balaban J connectivity index is 2.20. The molecular formula is C15H23ClN2O. The van der Waals surface area contributed by atoms with Gasteiger partial charge in [0.05, 0.1) is 13.2 Å². The summed E-state index contributed by atoms with van der Waals surface area (Å²) in [6, 6.07) is 6.04. The smallest absolute Gasteiger partial charge is 0.0594 e. The van der Waals surface area contributed by atoms with E-state index in [2.05, 4.69) is 24.8 Å². The number of benzene rings is 1. The predicted molar refractivity (Wildman–Crippen MR) is 79.6 cm³/mol. The summed E-state index contributed by atoms with van der Waals surface area (Å²) in [6.45, 7) is 9.81. The van der Waals surface area contributed by atoms with Crippen LogP contribution >= 0.6 is 11.6 Å². The number of morpholine rings is 1. The van der Waals surface area contributed by atoms with Gasteiger partial charge < -0.3 is 10.5 Å². The SMILES string of the molecule is Cc1ccc(C(N)C(C)(C)N2CCOCC2)cc1Cl. The van der Waals surface area contributed by atoms with Crippen molar-refractivity contribution in [1.29, 1.82) is 0 Å². The highest BCUT2D eigenvalue weighted by atomic mass is 35.5. The average molecular weight is 283 g/mol. The maximum absolute atomic E-state index is 6.48. The molecule has 1 unspecified atom stereocenters. The van der Waals surface area contributed by atoms with Crippen molar-refractivity contribution in [2.75, 3.05) is 26.3 Å². The minimum atomic E-state index is -0.109. The van der Waals surface area contributed by atoms with Crippen LogP contribution in [-0.4, -0.2) is 36.7 Å². The summed E-state index contributed by atoms with van der Waals surface area (Å²) >= 11 is 6.20. The van der Waals surface area contributed by atoms with Crippen LogP contribution in [0.1, 0.15) is 31.0 Å². The number of hydrogen-bond acceptors (Lipinski definition) is 3. The van der Waals surface area contributed by atoms with Crippen LogP contribution in [-0.2, 0) is 4.74 Å². The van der Waals surface area contributed by atoms with Crippen LogP contribution in [0.15, 0.2) is 18.2 Å². The topological polar surface area (TPSA) is 38.5 Å². The summed E-state index contributed by atoms with van der Waals surface area (Å²) in [5, 5.41) is 0.783. The van der Waals surface area contributed by atoms with E-state index in [-0.39, 0.29) is 11.6 Å². The van der Waals surface area contributed by atoms with E-state index in [0.717, 1.165) is 42.5 Å². The zero-order valence-corrected chi connectivity index (χ0v) is 12.7. The summed E-state index contributed by atoms with van der Waals surface area (Å²) in [7, 11) is 0. The standard InChI is InChI=1S/C15H23ClN2O/c1-11-4-5-12(10-13(11)16)14(17)15(2,3)18-6-8-19-9-7-18/h4-5,10,14H,6-9,17H2,1-3H3. The van der Waals surface area contributed by atoms with Gasteiger partial charge >= 0.3 is 0 Å². The van der Waals surface area contributed by atoms with Gasteiger partial charge in [0.15, 0.2) is 0 Å². The fourth-order valence-corrected chi connectivity index (χ4v) is 2.74. The first-order chi connectivity index (χ1) is 8.93. The van der Waals surface area contributed by atoms with E-state index in [0.29, 0.717) is 0 Å². The van der Waals surface area contributed by atoms with Gasteiger partial charge in [-0.15, -0.1) is 0 Å². The summed E-state index contributed by atoms with van der Waals surface area (Å²) in [4.78, 5) is 2.40. The van der Waals surface area contributed by atoms with Gasteiger partial charge in [0.25, 0.3) is 0 Å². The molecule has 1 saturated heterocycles. The number of nitrogens with zero attached hydrogens (tertiary/aromatic N) is 1. The van der Waals surface area contributed by atoms with Gasteiger partial charge in [-0.1, -0.05) is 23.7 Å². The largest absolute Gasteiger partial charge is 0.379 e. The van der Waals surface area contributed by atoms with Crippen LogP contribution in [0.3, 0.4) is 0 Å². The second-order valence-electron chi connectivity index (χ2n) is 5.74. The molecule has 0 aromatic heterocycles. The number of aryl methyl sites for hydroxylation is 1. The van der Waals surface area contributed by atoms with Gasteiger partial charge in [-0.25, -0.2) is 0 Å². The third kappa shape index (κ3) is 3.11. The molecule has 1 aliphatic heterocycles. The Kier molecular flexibility index (Phi) is 4.51. The first-order valence-electron chi connectivity index (χ1n) is 6.77. The van der Waals surface area contributed by atoms with Crippen LogP contribution in [0.25, 0.3) is 0 Å². The Morgan fingerprint density at radius 3 is 2.53 bits per heavy atom. The molecule has 0 spiro atoms. The van der Waals surface area contributed by atoms with E-state index in [4.69, 9.17) is 22.1 Å². The van der Waals surface area contributed by atoms with Crippen molar-refractivity contribution in [1.82, 2.24) is 4.90 Å². The number of hydrogen-bond donors (Lipinski definition) is 1. The normalized spacial score (nSPS) is 19.4. The Labute approximate surface area is 120 Å². The minimum absolute atomic E-state index is 0.0660. The summed E-state index contributed by atoms with van der Waals surface area (Å²) < 4.78 is 5.41. The lowest BCUT2D eigenvalue weighted by Crippen LogP contribution is -2.55. The van der Waals surface area contributed by atoms with Crippen LogP contribution in [0, 0.1) is 6.92 Å². The van der Waals surface area contributed by atoms with Gasteiger partial charge in [0.2, 0.25) is 0 Å². The van der Waals surface area contributed by atoms with Crippen LogP contribution < -0.4 is 5.73 Å². The molecule has 1 aromatic carbocycles. The Morgan fingerprint density at radius 2 is 1.95 bits per heavy atom. The molecule has 4 heteroatoms. The molecule has 1 aliphatic rings. The average Bonchev–Trinajstić information content (AvgIpc) is 2.42. The van der Waals surface area contributed by atoms with Crippen LogP contribution in [0.4, 0.5) is 0 Å². The first kappa shape index (κ1) is 14.8. The van der Waals surface area contributed by atoms with E-state index < -0.39 is 0 Å². The fourth-order valence-electron chi connectivity index (χ4n) is 2.55. The predicted octanol–water partition coefficient (Wildman–Crippen LogP) is 2.76. The van der Waals surface area contributed by atoms with Gasteiger partial charge in [0, 0.05) is 29.7 Å². The lowest BCUT2D eigenvalue weighted by atomic mass is 9.87. The van der Waals surface area contributed by atoms with Crippen molar-refractivity contribution in [2.24, 2.45) is 5.73 Å². The van der Waals surface area contributed by atoms with E-state index in [1.807, 2.05) is 19.1 Å². The molecule has 1 fully saturated rings.